The molecule has 1 amide bonds. The fourth-order valence-corrected chi connectivity index (χ4v) is 4.85. The van der Waals surface area contributed by atoms with Crippen LogP contribution < -0.4 is 11.1 Å². The molecule has 0 fully saturated rings. The highest BCUT2D eigenvalue weighted by molar-refractivity contribution is 5.83. The lowest BCUT2D eigenvalue weighted by molar-refractivity contribution is -0.147. The number of carboxylic acids is 1. The van der Waals surface area contributed by atoms with Gasteiger partial charge in [-0.05, 0) is 70.4 Å². The first-order valence-electron chi connectivity index (χ1n) is 17.3. The topological polar surface area (TPSA) is 119 Å². The lowest BCUT2D eigenvalue weighted by Crippen LogP contribution is -2.40. The van der Waals surface area contributed by atoms with Crippen LogP contribution in [0.5, 0.6) is 0 Å². The number of carbonyl (C=O) groups is 3. The van der Waals surface area contributed by atoms with Gasteiger partial charge in [0.2, 0.25) is 5.91 Å². The van der Waals surface area contributed by atoms with Crippen molar-refractivity contribution in [3.05, 3.63) is 36.5 Å². The van der Waals surface area contributed by atoms with Crippen molar-refractivity contribution in [1.29, 1.82) is 0 Å². The largest absolute Gasteiger partial charge is 0.480 e. The third-order valence-electron chi connectivity index (χ3n) is 7.45. The Morgan fingerprint density at radius 1 is 0.698 bits per heavy atom. The molecule has 248 valence electrons. The number of unbranched alkanes of at least 4 members (excludes halogenated alkanes) is 12. The number of carbonyl (C=O) groups excluding carboxylic acids is 2. The molecule has 7 heteroatoms. The van der Waals surface area contributed by atoms with Crippen molar-refractivity contribution in [3.8, 4) is 0 Å². The number of rotatable bonds is 30. The Kier molecular flexibility index (Phi) is 29.3. The van der Waals surface area contributed by atoms with Crippen LogP contribution in [-0.4, -0.2) is 41.6 Å². The van der Waals surface area contributed by atoms with Gasteiger partial charge in [0.25, 0.3) is 0 Å². The molecule has 0 aliphatic rings. The molecule has 7 nitrogen and oxygen atoms in total. The molecule has 0 bridgehead atoms. The Morgan fingerprint density at radius 3 is 1.86 bits per heavy atom. The third kappa shape index (κ3) is 28.1. The highest BCUT2D eigenvalue weighted by Gasteiger charge is 2.18. The van der Waals surface area contributed by atoms with Crippen molar-refractivity contribution in [3.63, 3.8) is 0 Å². The Labute approximate surface area is 263 Å². The maximum atomic E-state index is 12.6. The van der Waals surface area contributed by atoms with Gasteiger partial charge in [0.1, 0.15) is 12.1 Å². The minimum Gasteiger partial charge on any atom is -0.480 e. The molecular formula is C36H64N2O5. The molecule has 0 spiro atoms. The number of esters is 1. The molecule has 4 N–H and O–H groups in total. The number of hydrogen-bond donors (Lipinski definition) is 3. The fraction of sp³-hybridized carbons (Fsp3) is 0.750. The summed E-state index contributed by atoms with van der Waals surface area (Å²) in [7, 11) is 0. The number of nitrogens with two attached hydrogens (primary N) is 1. The van der Waals surface area contributed by atoms with Crippen molar-refractivity contribution in [2.75, 3.05) is 6.54 Å². The van der Waals surface area contributed by atoms with Gasteiger partial charge in [0.05, 0.1) is 0 Å². The third-order valence-corrected chi connectivity index (χ3v) is 7.45. The van der Waals surface area contributed by atoms with Gasteiger partial charge in [-0.15, -0.1) is 0 Å². The summed E-state index contributed by atoms with van der Waals surface area (Å²) in [4.78, 5) is 36.0. The summed E-state index contributed by atoms with van der Waals surface area (Å²) in [5, 5.41) is 11.9. The van der Waals surface area contributed by atoms with Crippen molar-refractivity contribution < 1.29 is 24.2 Å². The van der Waals surface area contributed by atoms with Gasteiger partial charge in [0, 0.05) is 12.8 Å². The van der Waals surface area contributed by atoms with Crippen molar-refractivity contribution >= 4 is 17.8 Å². The molecule has 2 atom stereocenters. The molecule has 0 radical (unpaired) electrons. The van der Waals surface area contributed by atoms with Crippen LogP contribution in [0.3, 0.4) is 0 Å². The van der Waals surface area contributed by atoms with E-state index in [0.29, 0.717) is 38.6 Å². The number of ether oxygens (including phenoxy) is 1. The molecule has 0 saturated carbocycles. The predicted molar refractivity (Wildman–Crippen MR) is 179 cm³/mol. The average molecular weight is 605 g/mol. The first-order chi connectivity index (χ1) is 20.9. The highest BCUT2D eigenvalue weighted by atomic mass is 16.5. The Balaban J connectivity index is 4.43. The van der Waals surface area contributed by atoms with Crippen LogP contribution in [0, 0.1) is 0 Å². The Morgan fingerprint density at radius 2 is 1.26 bits per heavy atom. The Bertz CT molecular complexity index is 778. The lowest BCUT2D eigenvalue weighted by atomic mass is 10.1. The number of nitrogens with one attached hydrogen (secondary N) is 1. The maximum absolute atomic E-state index is 12.6. The summed E-state index contributed by atoms with van der Waals surface area (Å²) in [5.41, 5.74) is 5.46. The van der Waals surface area contributed by atoms with Crippen molar-refractivity contribution in [2.24, 2.45) is 5.73 Å². The molecule has 0 heterocycles. The van der Waals surface area contributed by atoms with E-state index in [1.165, 1.54) is 51.4 Å². The minimum atomic E-state index is -1.02. The molecule has 43 heavy (non-hydrogen) atoms. The van der Waals surface area contributed by atoms with E-state index in [0.717, 1.165) is 57.8 Å². The van der Waals surface area contributed by atoms with Crippen molar-refractivity contribution in [1.82, 2.24) is 5.32 Å². The van der Waals surface area contributed by atoms with Crippen LogP contribution in [-0.2, 0) is 19.1 Å². The molecule has 0 rings (SSSR count). The van der Waals surface area contributed by atoms with E-state index in [1.807, 2.05) is 6.08 Å². The summed E-state index contributed by atoms with van der Waals surface area (Å²) in [5.74, 6) is -1.37. The molecule has 0 aromatic rings. The van der Waals surface area contributed by atoms with Crippen LogP contribution in [0.2, 0.25) is 0 Å². The zero-order valence-corrected chi connectivity index (χ0v) is 27.5. The van der Waals surface area contributed by atoms with Gasteiger partial charge in [-0.2, -0.15) is 0 Å². The van der Waals surface area contributed by atoms with E-state index in [9.17, 15) is 19.5 Å². The van der Waals surface area contributed by atoms with E-state index in [1.54, 1.807) is 0 Å². The molecule has 0 aliphatic carbocycles. The standard InChI is InChI=1S/C36H64N2O5/c1-3-5-7-9-11-13-14-16-18-24-30-35(40)43-32(26-21-17-15-12-10-8-6-4-2)27-22-19-20-23-29-34(39)38-33(36(41)42)28-25-31-37/h6,8,12,15,21,26,32-33H,3-5,7,9-11,13-14,16-20,22-25,27-31,37H2,1-2H3,(H,38,39)(H,41,42)/b8-6-,15-12-,26-21-. The number of amides is 1. The van der Waals surface area contributed by atoms with E-state index in [2.05, 4.69) is 49.5 Å². The summed E-state index contributed by atoms with van der Waals surface area (Å²) < 4.78 is 5.85. The first-order valence-corrected chi connectivity index (χ1v) is 17.3. The maximum Gasteiger partial charge on any atom is 0.326 e. The molecule has 2 unspecified atom stereocenters. The van der Waals surface area contributed by atoms with Gasteiger partial charge in [-0.3, -0.25) is 9.59 Å². The first kappa shape index (κ1) is 40.6. The molecule has 0 aliphatic heterocycles. The second kappa shape index (κ2) is 31.0. The molecular weight excluding hydrogens is 540 g/mol. The molecule has 0 aromatic carbocycles. The van der Waals surface area contributed by atoms with Crippen LogP contribution in [0.25, 0.3) is 0 Å². The number of carboxylic acid groups (broad SMARTS) is 1. The van der Waals surface area contributed by atoms with Gasteiger partial charge < -0.3 is 20.9 Å². The zero-order chi connectivity index (χ0) is 31.8. The zero-order valence-electron chi connectivity index (χ0n) is 27.5. The van der Waals surface area contributed by atoms with Crippen LogP contribution in [0.15, 0.2) is 36.5 Å². The van der Waals surface area contributed by atoms with E-state index in [4.69, 9.17) is 10.5 Å². The van der Waals surface area contributed by atoms with Crippen LogP contribution in [0.4, 0.5) is 0 Å². The highest BCUT2D eigenvalue weighted by Crippen LogP contribution is 2.15. The van der Waals surface area contributed by atoms with E-state index >= 15 is 0 Å². The molecule has 0 saturated heterocycles. The predicted octanol–water partition coefficient (Wildman–Crippen LogP) is 8.72. The van der Waals surface area contributed by atoms with Gasteiger partial charge in [-0.25, -0.2) is 4.79 Å². The fourth-order valence-electron chi connectivity index (χ4n) is 4.85. The van der Waals surface area contributed by atoms with Gasteiger partial charge >= 0.3 is 11.9 Å². The number of allylic oxidation sites excluding steroid dienone is 5. The second-order valence-electron chi connectivity index (χ2n) is 11.6. The quantitative estimate of drug-likeness (QED) is 0.0429. The van der Waals surface area contributed by atoms with Gasteiger partial charge in [0.15, 0.2) is 0 Å². The number of hydrogen-bond acceptors (Lipinski definition) is 5. The smallest absolute Gasteiger partial charge is 0.326 e. The van der Waals surface area contributed by atoms with Gasteiger partial charge in [-0.1, -0.05) is 115 Å². The number of aliphatic carboxylic acids is 1. The lowest BCUT2D eigenvalue weighted by Gasteiger charge is -2.15. The minimum absolute atomic E-state index is 0.117. The molecule has 0 aromatic heterocycles. The SMILES string of the molecule is CC/C=C\C/C=C\C/C=C\C(CCCCCCC(=O)NC(CCCN)C(=O)O)OC(=O)CCCCCCCCCCCC. The van der Waals surface area contributed by atoms with E-state index in [-0.39, 0.29) is 18.0 Å². The van der Waals surface area contributed by atoms with E-state index < -0.39 is 12.0 Å². The van der Waals surface area contributed by atoms with Crippen LogP contribution >= 0.6 is 0 Å². The summed E-state index contributed by atoms with van der Waals surface area (Å²) in [6.07, 6.45) is 33.5. The summed E-state index contributed by atoms with van der Waals surface area (Å²) >= 11 is 0. The van der Waals surface area contributed by atoms with Crippen molar-refractivity contribution in [2.45, 2.75) is 167 Å². The summed E-state index contributed by atoms with van der Waals surface area (Å²) in [6.45, 7) is 4.77. The average Bonchev–Trinajstić information content (AvgIpc) is 2.98. The Hall–Kier alpha value is -2.41. The second-order valence-corrected chi connectivity index (χ2v) is 11.6. The summed E-state index contributed by atoms with van der Waals surface area (Å²) in [6, 6.07) is -0.874. The van der Waals surface area contributed by atoms with Crippen LogP contribution in [0.1, 0.15) is 155 Å². The normalized spacial score (nSPS) is 13.2. The monoisotopic (exact) mass is 604 g/mol.